The Bertz CT molecular complexity index is 824. The van der Waals surface area contributed by atoms with Crippen LogP contribution in [-0.4, -0.2) is 12.5 Å². The minimum absolute atomic E-state index is 0.101. The molecule has 0 aliphatic carbocycles. The first-order valence-electron chi connectivity index (χ1n) is 7.05. The summed E-state index contributed by atoms with van der Waals surface area (Å²) >= 11 is 0. The smallest absolute Gasteiger partial charge is 0.221 e. The number of amides is 1. The molecule has 0 aromatic heterocycles. The second-order valence-electron chi connectivity index (χ2n) is 4.94. The normalized spacial score (nSPS) is 10.8. The lowest BCUT2D eigenvalue weighted by Gasteiger charge is -2.15. The average Bonchev–Trinajstić information content (AvgIpc) is 2.49. The summed E-state index contributed by atoms with van der Waals surface area (Å²) in [5.74, 6) is 0.605. The molecule has 0 aliphatic rings. The van der Waals surface area contributed by atoms with Gasteiger partial charge in [-0.25, -0.2) is 0 Å². The summed E-state index contributed by atoms with van der Waals surface area (Å²) in [6.45, 7) is 4.01. The highest BCUT2D eigenvalue weighted by Gasteiger charge is 2.12. The Labute approximate surface area is 123 Å². The van der Waals surface area contributed by atoms with Gasteiger partial charge in [-0.15, -0.1) is 0 Å². The molecular weight excluding hydrogens is 262 g/mol. The van der Waals surface area contributed by atoms with Gasteiger partial charge in [-0.1, -0.05) is 42.5 Å². The van der Waals surface area contributed by atoms with E-state index in [-0.39, 0.29) is 5.91 Å². The second-order valence-corrected chi connectivity index (χ2v) is 4.94. The van der Waals surface area contributed by atoms with Gasteiger partial charge in [0.15, 0.2) is 0 Å². The molecule has 0 saturated carbocycles. The predicted molar refractivity (Wildman–Crippen MR) is 86.9 cm³/mol. The summed E-state index contributed by atoms with van der Waals surface area (Å²) in [7, 11) is 0. The number of fused-ring (bicyclic) bond motifs is 3. The molecule has 0 atom stereocenters. The van der Waals surface area contributed by atoms with Crippen molar-refractivity contribution in [2.45, 2.75) is 13.8 Å². The number of hydrogen-bond acceptors (Lipinski definition) is 2. The van der Waals surface area contributed by atoms with Gasteiger partial charge in [-0.3, -0.25) is 4.79 Å². The first-order chi connectivity index (χ1) is 10.2. The van der Waals surface area contributed by atoms with Crippen LogP contribution in [0.15, 0.2) is 48.5 Å². The highest BCUT2D eigenvalue weighted by molar-refractivity contribution is 6.17. The standard InChI is InChI=1S/C18H17NO2/c1-3-21-16-11-10-14-9-8-13-6-4-5-7-15(13)17(14)18(16)19-12(2)20/h4-11H,3H2,1-2H3,(H,19,20). The molecule has 106 valence electrons. The quantitative estimate of drug-likeness (QED) is 0.724. The zero-order chi connectivity index (χ0) is 14.8. The van der Waals surface area contributed by atoms with Crippen LogP contribution in [0.25, 0.3) is 21.5 Å². The van der Waals surface area contributed by atoms with Crippen LogP contribution in [0.5, 0.6) is 5.75 Å². The van der Waals surface area contributed by atoms with E-state index in [2.05, 4.69) is 29.6 Å². The van der Waals surface area contributed by atoms with E-state index >= 15 is 0 Å². The van der Waals surface area contributed by atoms with Crippen molar-refractivity contribution in [3.63, 3.8) is 0 Å². The van der Waals surface area contributed by atoms with E-state index in [0.29, 0.717) is 12.4 Å². The molecule has 3 heteroatoms. The van der Waals surface area contributed by atoms with Crippen molar-refractivity contribution >= 4 is 33.1 Å². The topological polar surface area (TPSA) is 38.3 Å². The summed E-state index contributed by atoms with van der Waals surface area (Å²) in [5, 5.41) is 7.29. The van der Waals surface area contributed by atoms with Crippen LogP contribution in [0.4, 0.5) is 5.69 Å². The lowest BCUT2D eigenvalue weighted by atomic mass is 10.00. The number of rotatable bonds is 3. The van der Waals surface area contributed by atoms with Gasteiger partial charge in [0.05, 0.1) is 12.3 Å². The molecule has 0 radical (unpaired) electrons. The van der Waals surface area contributed by atoms with E-state index in [1.807, 2.05) is 31.2 Å². The van der Waals surface area contributed by atoms with Gasteiger partial charge in [-0.2, -0.15) is 0 Å². The van der Waals surface area contributed by atoms with Crippen LogP contribution < -0.4 is 10.1 Å². The minimum Gasteiger partial charge on any atom is -0.492 e. The summed E-state index contributed by atoms with van der Waals surface area (Å²) in [5.41, 5.74) is 0.749. The SMILES string of the molecule is CCOc1ccc2ccc3ccccc3c2c1NC(C)=O. The highest BCUT2D eigenvalue weighted by atomic mass is 16.5. The number of carbonyl (C=O) groups is 1. The van der Waals surface area contributed by atoms with Crippen molar-refractivity contribution < 1.29 is 9.53 Å². The van der Waals surface area contributed by atoms with Gasteiger partial charge < -0.3 is 10.1 Å². The fourth-order valence-corrected chi connectivity index (χ4v) is 2.65. The van der Waals surface area contributed by atoms with Crippen LogP contribution in [0.3, 0.4) is 0 Å². The number of nitrogens with one attached hydrogen (secondary N) is 1. The maximum absolute atomic E-state index is 11.6. The van der Waals surface area contributed by atoms with E-state index in [9.17, 15) is 4.79 Å². The van der Waals surface area contributed by atoms with Gasteiger partial charge in [0.25, 0.3) is 0 Å². The molecule has 0 saturated heterocycles. The minimum atomic E-state index is -0.101. The molecular formula is C18H17NO2. The van der Waals surface area contributed by atoms with E-state index < -0.39 is 0 Å². The third-order valence-corrected chi connectivity index (χ3v) is 3.47. The van der Waals surface area contributed by atoms with E-state index in [1.165, 1.54) is 6.92 Å². The number of anilines is 1. The first-order valence-corrected chi connectivity index (χ1v) is 7.05. The van der Waals surface area contributed by atoms with Crippen LogP contribution in [0.1, 0.15) is 13.8 Å². The Morgan fingerprint density at radius 1 is 1.05 bits per heavy atom. The van der Waals surface area contributed by atoms with Crippen molar-refractivity contribution in [1.29, 1.82) is 0 Å². The fourth-order valence-electron chi connectivity index (χ4n) is 2.65. The second kappa shape index (κ2) is 5.44. The molecule has 0 aliphatic heterocycles. The van der Waals surface area contributed by atoms with Crippen molar-refractivity contribution in [3.8, 4) is 5.75 Å². The van der Waals surface area contributed by atoms with E-state index in [0.717, 1.165) is 27.2 Å². The van der Waals surface area contributed by atoms with Gasteiger partial charge in [0.1, 0.15) is 5.75 Å². The third-order valence-electron chi connectivity index (χ3n) is 3.47. The number of benzene rings is 3. The summed E-state index contributed by atoms with van der Waals surface area (Å²) < 4.78 is 5.68. The zero-order valence-electron chi connectivity index (χ0n) is 12.1. The highest BCUT2D eigenvalue weighted by Crippen LogP contribution is 2.38. The maximum Gasteiger partial charge on any atom is 0.221 e. The van der Waals surface area contributed by atoms with E-state index in [4.69, 9.17) is 4.74 Å². The maximum atomic E-state index is 11.6. The average molecular weight is 279 g/mol. The molecule has 0 fully saturated rings. The fraction of sp³-hybridized carbons (Fsp3) is 0.167. The van der Waals surface area contributed by atoms with Gasteiger partial charge >= 0.3 is 0 Å². The summed E-state index contributed by atoms with van der Waals surface area (Å²) in [6.07, 6.45) is 0. The third kappa shape index (κ3) is 2.42. The molecule has 0 heterocycles. The lowest BCUT2D eigenvalue weighted by Crippen LogP contribution is -2.08. The molecule has 3 aromatic carbocycles. The Morgan fingerprint density at radius 3 is 2.52 bits per heavy atom. The number of carbonyl (C=O) groups excluding carboxylic acids is 1. The Balaban J connectivity index is 2.40. The molecule has 1 amide bonds. The molecule has 3 nitrogen and oxygen atoms in total. The van der Waals surface area contributed by atoms with Crippen molar-refractivity contribution in [1.82, 2.24) is 0 Å². The van der Waals surface area contributed by atoms with Gasteiger partial charge in [0, 0.05) is 12.3 Å². The number of ether oxygens (including phenoxy) is 1. The van der Waals surface area contributed by atoms with Crippen LogP contribution in [0.2, 0.25) is 0 Å². The molecule has 3 aromatic rings. The Morgan fingerprint density at radius 2 is 1.76 bits per heavy atom. The van der Waals surface area contributed by atoms with Crippen molar-refractivity contribution in [2.75, 3.05) is 11.9 Å². The first kappa shape index (κ1) is 13.4. The van der Waals surface area contributed by atoms with E-state index in [1.54, 1.807) is 0 Å². The predicted octanol–water partition coefficient (Wildman–Crippen LogP) is 4.35. The van der Waals surface area contributed by atoms with Crippen LogP contribution in [-0.2, 0) is 4.79 Å². The molecule has 1 N–H and O–H groups in total. The van der Waals surface area contributed by atoms with Gasteiger partial charge in [0.2, 0.25) is 5.91 Å². The zero-order valence-corrected chi connectivity index (χ0v) is 12.1. The monoisotopic (exact) mass is 279 g/mol. The molecule has 0 bridgehead atoms. The summed E-state index contributed by atoms with van der Waals surface area (Å²) in [4.78, 5) is 11.6. The van der Waals surface area contributed by atoms with Crippen molar-refractivity contribution in [3.05, 3.63) is 48.5 Å². The van der Waals surface area contributed by atoms with Crippen LogP contribution in [0, 0.1) is 0 Å². The molecule has 21 heavy (non-hydrogen) atoms. The molecule has 3 rings (SSSR count). The molecule has 0 unspecified atom stereocenters. The van der Waals surface area contributed by atoms with Crippen molar-refractivity contribution in [2.24, 2.45) is 0 Å². The molecule has 0 spiro atoms. The van der Waals surface area contributed by atoms with Crippen LogP contribution >= 0.6 is 0 Å². The Hall–Kier alpha value is -2.55. The Kier molecular flexibility index (Phi) is 3.48. The largest absolute Gasteiger partial charge is 0.492 e. The number of hydrogen-bond donors (Lipinski definition) is 1. The summed E-state index contributed by atoms with van der Waals surface area (Å²) in [6, 6.07) is 16.3. The lowest BCUT2D eigenvalue weighted by molar-refractivity contribution is -0.114. The van der Waals surface area contributed by atoms with Gasteiger partial charge in [-0.05, 0) is 29.1 Å².